The highest BCUT2D eigenvalue weighted by molar-refractivity contribution is 6.31. The minimum Gasteiger partial charge on any atom is -0.398 e. The molecular weight excluding hydrogens is 226 g/mol. The molecule has 0 atom stereocenters. The number of anilines is 1. The van der Waals surface area contributed by atoms with Crippen LogP contribution in [0.4, 0.5) is 5.69 Å². The first-order chi connectivity index (χ1) is 7.74. The number of hydrogen-bond donors (Lipinski definition) is 1. The van der Waals surface area contributed by atoms with E-state index in [0.29, 0.717) is 28.1 Å². The summed E-state index contributed by atoms with van der Waals surface area (Å²) in [6.07, 6.45) is 2.29. The van der Waals surface area contributed by atoms with Crippen LogP contribution in [-0.4, -0.2) is 10.1 Å². The zero-order chi connectivity index (χ0) is 11.1. The standard InChI is InChI=1S/C11H10ClN3O/c12-7-3-4-9(13)8(5-7)11-14-10(15-16-11)6-1-2-6/h3-6H,1-2,13H2. The molecule has 1 aliphatic carbocycles. The Bertz CT molecular complexity index is 534. The van der Waals surface area contributed by atoms with Gasteiger partial charge in [0.2, 0.25) is 0 Å². The average molecular weight is 236 g/mol. The summed E-state index contributed by atoms with van der Waals surface area (Å²) in [4.78, 5) is 4.33. The van der Waals surface area contributed by atoms with E-state index in [9.17, 15) is 0 Å². The molecule has 0 saturated heterocycles. The average Bonchev–Trinajstić information content (AvgIpc) is 3.01. The number of halogens is 1. The van der Waals surface area contributed by atoms with Gasteiger partial charge in [-0.05, 0) is 31.0 Å². The molecule has 2 N–H and O–H groups in total. The van der Waals surface area contributed by atoms with Crippen molar-refractivity contribution in [2.24, 2.45) is 0 Å². The lowest BCUT2D eigenvalue weighted by Crippen LogP contribution is -1.90. The minimum atomic E-state index is 0.446. The fourth-order valence-corrected chi connectivity index (χ4v) is 1.74. The summed E-state index contributed by atoms with van der Waals surface area (Å²) < 4.78 is 5.19. The fourth-order valence-electron chi connectivity index (χ4n) is 1.57. The third-order valence-corrected chi connectivity index (χ3v) is 2.87. The Morgan fingerprint density at radius 3 is 2.94 bits per heavy atom. The molecule has 82 valence electrons. The third kappa shape index (κ3) is 1.65. The van der Waals surface area contributed by atoms with Gasteiger partial charge in [-0.1, -0.05) is 16.8 Å². The first-order valence-electron chi connectivity index (χ1n) is 5.13. The summed E-state index contributed by atoms with van der Waals surface area (Å²) in [5.41, 5.74) is 7.13. The molecule has 1 aliphatic rings. The van der Waals surface area contributed by atoms with E-state index >= 15 is 0 Å². The summed E-state index contributed by atoms with van der Waals surface area (Å²) >= 11 is 5.90. The highest BCUT2D eigenvalue weighted by Crippen LogP contribution is 2.39. The van der Waals surface area contributed by atoms with E-state index in [1.165, 1.54) is 0 Å². The van der Waals surface area contributed by atoms with Gasteiger partial charge in [-0.2, -0.15) is 4.98 Å². The van der Waals surface area contributed by atoms with E-state index in [1.54, 1.807) is 18.2 Å². The molecule has 0 spiro atoms. The lowest BCUT2D eigenvalue weighted by Gasteiger charge is -2.00. The largest absolute Gasteiger partial charge is 0.398 e. The molecule has 5 heteroatoms. The smallest absolute Gasteiger partial charge is 0.260 e. The van der Waals surface area contributed by atoms with Gasteiger partial charge in [0, 0.05) is 16.6 Å². The summed E-state index contributed by atoms with van der Waals surface area (Å²) in [5, 5.41) is 4.55. The number of nitrogens with two attached hydrogens (primary N) is 1. The zero-order valence-electron chi connectivity index (χ0n) is 8.48. The van der Waals surface area contributed by atoms with Crippen molar-refractivity contribution in [3.63, 3.8) is 0 Å². The monoisotopic (exact) mass is 235 g/mol. The predicted molar refractivity (Wildman–Crippen MR) is 61.1 cm³/mol. The molecule has 0 unspecified atom stereocenters. The molecule has 0 aliphatic heterocycles. The number of rotatable bonds is 2. The molecular formula is C11H10ClN3O. The first kappa shape index (κ1) is 9.66. The van der Waals surface area contributed by atoms with Gasteiger partial charge in [-0.3, -0.25) is 0 Å². The van der Waals surface area contributed by atoms with Crippen LogP contribution in [0.15, 0.2) is 22.7 Å². The van der Waals surface area contributed by atoms with Crippen molar-refractivity contribution in [1.29, 1.82) is 0 Å². The molecule has 3 rings (SSSR count). The van der Waals surface area contributed by atoms with Crippen molar-refractivity contribution < 1.29 is 4.52 Å². The minimum absolute atomic E-state index is 0.446. The van der Waals surface area contributed by atoms with E-state index < -0.39 is 0 Å². The second-order valence-electron chi connectivity index (χ2n) is 3.96. The zero-order valence-corrected chi connectivity index (χ0v) is 9.24. The molecule has 1 saturated carbocycles. The fraction of sp³-hybridized carbons (Fsp3) is 0.273. The van der Waals surface area contributed by atoms with Crippen LogP contribution >= 0.6 is 11.6 Å². The van der Waals surface area contributed by atoms with E-state index in [1.807, 2.05) is 0 Å². The lowest BCUT2D eigenvalue weighted by molar-refractivity contribution is 0.423. The SMILES string of the molecule is Nc1ccc(Cl)cc1-c1nc(C2CC2)no1. The highest BCUT2D eigenvalue weighted by atomic mass is 35.5. The Hall–Kier alpha value is -1.55. The van der Waals surface area contributed by atoms with Crippen molar-refractivity contribution in [3.05, 3.63) is 29.0 Å². The Balaban J connectivity index is 2.03. The third-order valence-electron chi connectivity index (χ3n) is 2.63. The molecule has 1 fully saturated rings. The van der Waals surface area contributed by atoms with Crippen LogP contribution in [0.3, 0.4) is 0 Å². The van der Waals surface area contributed by atoms with E-state index in [-0.39, 0.29) is 0 Å². The number of nitrogen functional groups attached to an aromatic ring is 1. The molecule has 16 heavy (non-hydrogen) atoms. The van der Waals surface area contributed by atoms with Crippen molar-refractivity contribution in [3.8, 4) is 11.5 Å². The van der Waals surface area contributed by atoms with Crippen LogP contribution in [-0.2, 0) is 0 Å². The Labute approximate surface area is 97.4 Å². The summed E-state index contributed by atoms with van der Waals surface area (Å²) in [5.74, 6) is 1.69. The van der Waals surface area contributed by atoms with Crippen molar-refractivity contribution in [2.45, 2.75) is 18.8 Å². The number of aromatic nitrogens is 2. The quantitative estimate of drug-likeness (QED) is 0.813. The van der Waals surface area contributed by atoms with Crippen molar-refractivity contribution in [2.75, 3.05) is 5.73 Å². The summed E-state index contributed by atoms with van der Waals surface area (Å²) in [7, 11) is 0. The van der Waals surface area contributed by atoms with Gasteiger partial charge in [0.15, 0.2) is 5.82 Å². The van der Waals surface area contributed by atoms with E-state index in [0.717, 1.165) is 18.7 Å². The second-order valence-corrected chi connectivity index (χ2v) is 4.40. The Morgan fingerprint density at radius 1 is 1.38 bits per heavy atom. The van der Waals surface area contributed by atoms with Crippen molar-refractivity contribution in [1.82, 2.24) is 10.1 Å². The van der Waals surface area contributed by atoms with Gasteiger partial charge in [0.25, 0.3) is 5.89 Å². The number of hydrogen-bond acceptors (Lipinski definition) is 4. The maximum absolute atomic E-state index is 5.90. The van der Waals surface area contributed by atoms with E-state index in [4.69, 9.17) is 21.9 Å². The normalized spacial score (nSPS) is 15.3. The first-order valence-corrected chi connectivity index (χ1v) is 5.51. The topological polar surface area (TPSA) is 64.9 Å². The molecule has 1 aromatic carbocycles. The predicted octanol–water partition coefficient (Wildman–Crippen LogP) is 2.85. The molecule has 0 bridgehead atoms. The molecule has 0 amide bonds. The molecule has 1 aromatic heterocycles. The van der Waals surface area contributed by atoms with Gasteiger partial charge < -0.3 is 10.3 Å². The van der Waals surface area contributed by atoms with Gasteiger partial charge in [0.1, 0.15) is 0 Å². The maximum atomic E-state index is 5.90. The van der Waals surface area contributed by atoms with Gasteiger partial charge in [-0.25, -0.2) is 0 Å². The van der Waals surface area contributed by atoms with Crippen molar-refractivity contribution >= 4 is 17.3 Å². The summed E-state index contributed by atoms with van der Waals surface area (Å²) in [6.45, 7) is 0. The van der Waals surface area contributed by atoms with Crippen LogP contribution in [0.1, 0.15) is 24.6 Å². The second kappa shape index (κ2) is 3.49. The van der Waals surface area contributed by atoms with E-state index in [2.05, 4.69) is 10.1 Å². The highest BCUT2D eigenvalue weighted by Gasteiger charge is 2.29. The van der Waals surface area contributed by atoms with Crippen LogP contribution in [0.2, 0.25) is 5.02 Å². The number of benzene rings is 1. The van der Waals surface area contributed by atoms with Crippen LogP contribution in [0.5, 0.6) is 0 Å². The Morgan fingerprint density at radius 2 is 2.19 bits per heavy atom. The van der Waals surface area contributed by atoms with Crippen LogP contribution in [0, 0.1) is 0 Å². The van der Waals surface area contributed by atoms with Gasteiger partial charge in [0.05, 0.1) is 5.56 Å². The lowest BCUT2D eigenvalue weighted by atomic mass is 10.2. The van der Waals surface area contributed by atoms with Crippen LogP contribution in [0.25, 0.3) is 11.5 Å². The Kier molecular flexibility index (Phi) is 2.11. The maximum Gasteiger partial charge on any atom is 0.260 e. The molecule has 1 heterocycles. The molecule has 4 nitrogen and oxygen atoms in total. The van der Waals surface area contributed by atoms with Gasteiger partial charge >= 0.3 is 0 Å². The van der Waals surface area contributed by atoms with Gasteiger partial charge in [-0.15, -0.1) is 0 Å². The molecule has 0 radical (unpaired) electrons. The summed E-state index contributed by atoms with van der Waals surface area (Å²) in [6, 6.07) is 5.21. The van der Waals surface area contributed by atoms with Crippen LogP contribution < -0.4 is 5.73 Å². The number of nitrogens with zero attached hydrogens (tertiary/aromatic N) is 2. The molecule has 2 aromatic rings.